The van der Waals surface area contributed by atoms with E-state index >= 15 is 0 Å². The molecule has 0 radical (unpaired) electrons. The van der Waals surface area contributed by atoms with E-state index in [1.54, 1.807) is 6.92 Å². The summed E-state index contributed by atoms with van der Waals surface area (Å²) in [6, 6.07) is 2.72. The molecule has 1 aliphatic heterocycles. The molecule has 2 rings (SSSR count). The Balaban J connectivity index is 2.38. The molecule has 0 saturated carbocycles. The standard InChI is InChI=1S/C13H13F4NO/c1-8-4-3-7-18(8)12(19)9-5-2-6-10(11(9)14)13(15,16)17/h2,5-6,8H,3-4,7H2,1H3. The molecule has 1 aliphatic rings. The Hall–Kier alpha value is -1.59. The first kappa shape index (κ1) is 13.8. The van der Waals surface area contributed by atoms with Crippen LogP contribution >= 0.6 is 0 Å². The summed E-state index contributed by atoms with van der Waals surface area (Å²) >= 11 is 0. The molecule has 1 unspecified atom stereocenters. The molecule has 1 heterocycles. The fraction of sp³-hybridized carbons (Fsp3) is 0.462. The fourth-order valence-electron chi connectivity index (χ4n) is 2.31. The number of benzene rings is 1. The lowest BCUT2D eigenvalue weighted by Crippen LogP contribution is -2.34. The lowest BCUT2D eigenvalue weighted by Gasteiger charge is -2.22. The second-order valence-electron chi connectivity index (χ2n) is 4.65. The topological polar surface area (TPSA) is 20.3 Å². The maximum Gasteiger partial charge on any atom is 0.419 e. The number of nitrogens with zero attached hydrogens (tertiary/aromatic N) is 1. The van der Waals surface area contributed by atoms with Crippen LogP contribution in [0.3, 0.4) is 0 Å². The normalized spacial score (nSPS) is 19.8. The number of amides is 1. The van der Waals surface area contributed by atoms with Gasteiger partial charge in [0, 0.05) is 12.6 Å². The van der Waals surface area contributed by atoms with E-state index in [-0.39, 0.29) is 6.04 Å². The number of carbonyl (C=O) groups is 1. The highest BCUT2D eigenvalue weighted by Crippen LogP contribution is 2.33. The van der Waals surface area contributed by atoms with Gasteiger partial charge < -0.3 is 4.90 Å². The van der Waals surface area contributed by atoms with Crippen LogP contribution < -0.4 is 0 Å². The first-order valence-electron chi connectivity index (χ1n) is 5.99. The molecular formula is C13H13F4NO. The van der Waals surface area contributed by atoms with E-state index in [0.717, 1.165) is 25.0 Å². The average molecular weight is 275 g/mol. The van der Waals surface area contributed by atoms with Gasteiger partial charge in [-0.25, -0.2) is 4.39 Å². The van der Waals surface area contributed by atoms with Crippen molar-refractivity contribution < 1.29 is 22.4 Å². The second kappa shape index (κ2) is 4.83. The van der Waals surface area contributed by atoms with Crippen molar-refractivity contribution >= 4 is 5.91 Å². The van der Waals surface area contributed by atoms with Gasteiger partial charge in [-0.2, -0.15) is 13.2 Å². The van der Waals surface area contributed by atoms with E-state index in [1.807, 2.05) is 0 Å². The first-order valence-corrected chi connectivity index (χ1v) is 5.99. The quantitative estimate of drug-likeness (QED) is 0.719. The minimum absolute atomic E-state index is 0.0681. The van der Waals surface area contributed by atoms with Crippen LogP contribution in [0, 0.1) is 5.82 Å². The van der Waals surface area contributed by atoms with E-state index in [4.69, 9.17) is 0 Å². The Morgan fingerprint density at radius 2 is 2.05 bits per heavy atom. The molecule has 0 aromatic heterocycles. The Labute approximate surface area is 108 Å². The molecule has 1 amide bonds. The number of alkyl halides is 3. The smallest absolute Gasteiger partial charge is 0.336 e. The predicted octanol–water partition coefficient (Wildman–Crippen LogP) is 3.47. The Bertz CT molecular complexity index is 498. The van der Waals surface area contributed by atoms with Crippen LogP contribution in [-0.2, 0) is 6.18 Å². The van der Waals surface area contributed by atoms with Crippen molar-refractivity contribution in [3.05, 3.63) is 35.1 Å². The van der Waals surface area contributed by atoms with Gasteiger partial charge >= 0.3 is 6.18 Å². The third kappa shape index (κ3) is 2.57. The average Bonchev–Trinajstić information content (AvgIpc) is 2.73. The molecule has 0 N–H and O–H groups in total. The summed E-state index contributed by atoms with van der Waals surface area (Å²) in [5.41, 5.74) is -1.91. The van der Waals surface area contributed by atoms with Crippen LogP contribution in [0.1, 0.15) is 35.7 Å². The highest BCUT2D eigenvalue weighted by molar-refractivity contribution is 5.95. The van der Waals surface area contributed by atoms with Crippen LogP contribution in [0.4, 0.5) is 17.6 Å². The van der Waals surface area contributed by atoms with E-state index < -0.39 is 29.0 Å². The molecule has 1 aromatic rings. The van der Waals surface area contributed by atoms with E-state index in [2.05, 4.69) is 0 Å². The van der Waals surface area contributed by atoms with Gasteiger partial charge in [0.15, 0.2) is 0 Å². The van der Waals surface area contributed by atoms with E-state index in [0.29, 0.717) is 12.6 Å². The monoisotopic (exact) mass is 275 g/mol. The SMILES string of the molecule is CC1CCCN1C(=O)c1cccc(C(F)(F)F)c1F. The fourth-order valence-corrected chi connectivity index (χ4v) is 2.31. The third-order valence-corrected chi connectivity index (χ3v) is 3.35. The van der Waals surface area contributed by atoms with Gasteiger partial charge in [-0.15, -0.1) is 0 Å². The molecule has 2 nitrogen and oxygen atoms in total. The van der Waals surface area contributed by atoms with E-state index in [9.17, 15) is 22.4 Å². The van der Waals surface area contributed by atoms with Gasteiger partial charge in [0.2, 0.25) is 0 Å². The van der Waals surface area contributed by atoms with Crippen molar-refractivity contribution in [2.45, 2.75) is 32.0 Å². The van der Waals surface area contributed by atoms with E-state index in [1.165, 1.54) is 4.90 Å². The minimum atomic E-state index is -4.79. The maximum absolute atomic E-state index is 13.8. The second-order valence-corrected chi connectivity index (χ2v) is 4.65. The molecule has 0 aliphatic carbocycles. The van der Waals surface area contributed by atoms with Crippen LogP contribution in [0.5, 0.6) is 0 Å². The molecule has 1 saturated heterocycles. The summed E-state index contributed by atoms with van der Waals surface area (Å²) < 4.78 is 51.6. The molecule has 0 bridgehead atoms. The Morgan fingerprint density at radius 3 is 2.58 bits per heavy atom. The molecule has 104 valence electrons. The van der Waals surface area contributed by atoms with Gasteiger partial charge in [0.1, 0.15) is 5.82 Å². The molecule has 1 fully saturated rings. The van der Waals surface area contributed by atoms with Crippen molar-refractivity contribution in [3.63, 3.8) is 0 Å². The summed E-state index contributed by atoms with van der Waals surface area (Å²) in [7, 11) is 0. The minimum Gasteiger partial charge on any atom is -0.336 e. The van der Waals surface area contributed by atoms with Crippen LogP contribution in [0.25, 0.3) is 0 Å². The van der Waals surface area contributed by atoms with Crippen molar-refractivity contribution in [2.75, 3.05) is 6.54 Å². The first-order chi connectivity index (χ1) is 8.82. The molecule has 1 atom stereocenters. The highest BCUT2D eigenvalue weighted by atomic mass is 19.4. The van der Waals surface area contributed by atoms with Gasteiger partial charge in [-0.1, -0.05) is 6.07 Å². The Kier molecular flexibility index (Phi) is 3.52. The number of carbonyl (C=O) groups excluding carboxylic acids is 1. The zero-order valence-electron chi connectivity index (χ0n) is 10.3. The van der Waals surface area contributed by atoms with Crippen molar-refractivity contribution in [1.82, 2.24) is 4.90 Å². The summed E-state index contributed by atoms with van der Waals surface area (Å²) in [5, 5.41) is 0. The molecular weight excluding hydrogens is 262 g/mol. The van der Waals surface area contributed by atoms with Crippen molar-refractivity contribution in [1.29, 1.82) is 0 Å². The van der Waals surface area contributed by atoms with Crippen LogP contribution in [-0.4, -0.2) is 23.4 Å². The summed E-state index contributed by atoms with van der Waals surface area (Å²) in [6.07, 6.45) is -3.23. The lowest BCUT2D eigenvalue weighted by molar-refractivity contribution is -0.140. The zero-order chi connectivity index (χ0) is 14.2. The van der Waals surface area contributed by atoms with Crippen LogP contribution in [0.2, 0.25) is 0 Å². The summed E-state index contributed by atoms with van der Waals surface area (Å²) in [4.78, 5) is 13.5. The maximum atomic E-state index is 13.8. The number of rotatable bonds is 1. The molecule has 6 heteroatoms. The number of halogens is 4. The largest absolute Gasteiger partial charge is 0.419 e. The summed E-state index contributed by atoms with van der Waals surface area (Å²) in [5.74, 6) is -2.16. The Morgan fingerprint density at radius 1 is 1.37 bits per heavy atom. The van der Waals surface area contributed by atoms with Gasteiger partial charge in [-0.3, -0.25) is 4.79 Å². The third-order valence-electron chi connectivity index (χ3n) is 3.35. The van der Waals surface area contributed by atoms with Gasteiger partial charge in [-0.05, 0) is 31.9 Å². The van der Waals surface area contributed by atoms with Crippen molar-refractivity contribution in [2.24, 2.45) is 0 Å². The lowest BCUT2D eigenvalue weighted by atomic mass is 10.1. The van der Waals surface area contributed by atoms with Crippen LogP contribution in [0.15, 0.2) is 18.2 Å². The van der Waals surface area contributed by atoms with Crippen molar-refractivity contribution in [3.8, 4) is 0 Å². The predicted molar refractivity (Wildman–Crippen MR) is 61.1 cm³/mol. The summed E-state index contributed by atoms with van der Waals surface area (Å²) in [6.45, 7) is 2.26. The number of hydrogen-bond acceptors (Lipinski definition) is 1. The number of likely N-dealkylation sites (tertiary alicyclic amines) is 1. The molecule has 19 heavy (non-hydrogen) atoms. The highest BCUT2D eigenvalue weighted by Gasteiger charge is 2.37. The number of hydrogen-bond donors (Lipinski definition) is 0. The van der Waals surface area contributed by atoms with Gasteiger partial charge in [0.05, 0.1) is 11.1 Å². The van der Waals surface area contributed by atoms with Gasteiger partial charge in [0.25, 0.3) is 5.91 Å². The molecule has 0 spiro atoms. The molecule has 1 aromatic carbocycles. The zero-order valence-corrected chi connectivity index (χ0v) is 10.3.